The van der Waals surface area contributed by atoms with Crippen molar-refractivity contribution in [2.75, 3.05) is 42.3 Å². The number of anilines is 3. The van der Waals surface area contributed by atoms with Crippen molar-refractivity contribution in [3.8, 4) is 0 Å². The molecule has 136 valence electrons. The maximum Gasteiger partial charge on any atom is 0.129 e. The van der Waals surface area contributed by atoms with Crippen molar-refractivity contribution in [2.45, 2.75) is 19.9 Å². The maximum absolute atomic E-state index is 8.59. The molecule has 1 fully saturated rings. The fourth-order valence-corrected chi connectivity index (χ4v) is 2.75. The Labute approximate surface area is 150 Å². The fourth-order valence-electron chi connectivity index (χ4n) is 2.75. The Kier molecular flexibility index (Phi) is 5.14. The number of nitrogens with zero attached hydrogens (tertiary/aromatic N) is 3. The summed E-state index contributed by atoms with van der Waals surface area (Å²) in [5.74, 6) is 1.57. The highest BCUT2D eigenvalue weighted by molar-refractivity contribution is 6.14. The van der Waals surface area contributed by atoms with Crippen LogP contribution in [0.1, 0.15) is 27.8 Å². The number of hydrogen-bond donors (Lipinski definition) is 3. The van der Waals surface area contributed by atoms with Crippen LogP contribution in [0.25, 0.3) is 0 Å². The lowest BCUT2D eigenvalue weighted by atomic mass is 10.0. The first-order chi connectivity index (χ1) is 12.0. The van der Waals surface area contributed by atoms with Gasteiger partial charge >= 0.3 is 0 Å². The molecule has 0 unspecified atom stereocenters. The summed E-state index contributed by atoms with van der Waals surface area (Å²) in [4.78, 5) is 10.9. The van der Waals surface area contributed by atoms with Gasteiger partial charge in [-0.1, -0.05) is 0 Å². The van der Waals surface area contributed by atoms with Crippen LogP contribution >= 0.6 is 0 Å². The molecular weight excluding hydrogens is 316 g/mol. The third-order valence-electron chi connectivity index (χ3n) is 4.01. The van der Waals surface area contributed by atoms with Gasteiger partial charge in [-0.2, -0.15) is 0 Å². The number of morpholine rings is 1. The van der Waals surface area contributed by atoms with Gasteiger partial charge in [0.25, 0.3) is 0 Å². The van der Waals surface area contributed by atoms with E-state index in [1.807, 2.05) is 32.0 Å². The molecule has 1 aliphatic heterocycles. The second kappa shape index (κ2) is 7.48. The molecule has 0 radical (unpaired) electrons. The van der Waals surface area contributed by atoms with E-state index in [-0.39, 0.29) is 8.90 Å². The predicted octanol–water partition coefficient (Wildman–Crippen LogP) is 2.62. The highest BCUT2D eigenvalue weighted by Crippen LogP contribution is 2.22. The molecule has 0 aliphatic carbocycles. The number of rotatable bonds is 5. The van der Waals surface area contributed by atoms with E-state index in [1.54, 1.807) is 12.4 Å². The molecule has 25 heavy (non-hydrogen) atoms. The van der Waals surface area contributed by atoms with Gasteiger partial charge in [-0.05, 0) is 32.0 Å². The molecule has 2 aromatic rings. The van der Waals surface area contributed by atoms with Crippen LogP contribution in [-0.4, -0.2) is 48.0 Å². The quantitative estimate of drug-likeness (QED) is 0.721. The van der Waals surface area contributed by atoms with Gasteiger partial charge in [0.1, 0.15) is 11.6 Å². The van der Waals surface area contributed by atoms with Crippen molar-refractivity contribution in [1.29, 1.82) is 5.41 Å². The van der Waals surface area contributed by atoms with Crippen LogP contribution in [0.3, 0.4) is 0 Å². The summed E-state index contributed by atoms with van der Waals surface area (Å²) in [6.45, 7) is 7.10. The van der Waals surface area contributed by atoms with Crippen molar-refractivity contribution < 1.29 is 7.59 Å². The number of ether oxygens (including phenoxy) is 1. The van der Waals surface area contributed by atoms with E-state index in [0.717, 1.165) is 24.5 Å². The topological polar surface area (TPSA) is 100 Å². The van der Waals surface area contributed by atoms with E-state index < -0.39 is 0 Å². The van der Waals surface area contributed by atoms with Crippen LogP contribution in [0.5, 0.6) is 0 Å². The molecule has 3 rings (SSSR count). The molecule has 7 heteroatoms. The molecule has 1 saturated heterocycles. The summed E-state index contributed by atoms with van der Waals surface area (Å²) in [5, 5.41) is 11.8. The Bertz CT molecular complexity index is 765. The Morgan fingerprint density at radius 2 is 2.08 bits per heavy atom. The molecule has 0 atom stereocenters. The average molecular weight is 344 g/mol. The van der Waals surface area contributed by atoms with Crippen LogP contribution in [0, 0.1) is 5.41 Å². The van der Waals surface area contributed by atoms with Crippen molar-refractivity contribution in [3.05, 3.63) is 41.7 Å². The second-order valence-electron chi connectivity index (χ2n) is 6.33. The van der Waals surface area contributed by atoms with Gasteiger partial charge in [0.15, 0.2) is 0 Å². The SMILES string of the molecule is CC(C)Nc1cc(C(=N)c2ccnc(N3CCOCC3)c2)c(N)cn1.[HH].[HH]. The molecule has 1 aliphatic rings. The first-order valence-corrected chi connectivity index (χ1v) is 8.44. The largest absolute Gasteiger partial charge is 0.397 e. The zero-order chi connectivity index (χ0) is 17.8. The molecule has 0 amide bonds. The number of pyridine rings is 2. The summed E-state index contributed by atoms with van der Waals surface area (Å²) < 4.78 is 5.39. The lowest BCUT2D eigenvalue weighted by Gasteiger charge is -2.28. The standard InChI is InChI=1S/C18H24N6O.2H2/c1-12(2)23-16-10-14(15(19)11-22-16)18(20)13-3-4-21-17(9-13)24-5-7-25-8-6-24;;/h3-4,9-12,20H,5-8,19H2,1-2H3,(H,22,23);2*1H. The van der Waals surface area contributed by atoms with Crippen molar-refractivity contribution >= 4 is 23.0 Å². The molecule has 0 saturated carbocycles. The van der Waals surface area contributed by atoms with E-state index in [0.29, 0.717) is 36.0 Å². The summed E-state index contributed by atoms with van der Waals surface area (Å²) in [6, 6.07) is 5.85. The zero-order valence-corrected chi connectivity index (χ0v) is 14.6. The van der Waals surface area contributed by atoms with E-state index in [1.165, 1.54) is 0 Å². The number of hydrogen-bond acceptors (Lipinski definition) is 7. The van der Waals surface area contributed by atoms with Gasteiger partial charge in [0.05, 0.1) is 30.8 Å². The highest BCUT2D eigenvalue weighted by Gasteiger charge is 2.16. The molecule has 0 spiro atoms. The number of nitrogens with two attached hydrogens (primary N) is 1. The van der Waals surface area contributed by atoms with E-state index in [2.05, 4.69) is 20.2 Å². The smallest absolute Gasteiger partial charge is 0.129 e. The molecule has 3 heterocycles. The van der Waals surface area contributed by atoms with Crippen molar-refractivity contribution in [3.63, 3.8) is 0 Å². The van der Waals surface area contributed by atoms with E-state index in [9.17, 15) is 0 Å². The third-order valence-corrected chi connectivity index (χ3v) is 4.01. The summed E-state index contributed by atoms with van der Waals surface area (Å²) in [7, 11) is 0. The van der Waals surface area contributed by atoms with E-state index >= 15 is 0 Å². The van der Waals surface area contributed by atoms with Gasteiger partial charge in [0.2, 0.25) is 0 Å². The summed E-state index contributed by atoms with van der Waals surface area (Å²) >= 11 is 0. The number of aromatic nitrogens is 2. The molecule has 0 aromatic carbocycles. The van der Waals surface area contributed by atoms with Crippen molar-refractivity contribution in [1.82, 2.24) is 9.97 Å². The first kappa shape index (κ1) is 17.2. The lowest BCUT2D eigenvalue weighted by Crippen LogP contribution is -2.36. The van der Waals surface area contributed by atoms with Crippen molar-refractivity contribution in [2.24, 2.45) is 0 Å². The van der Waals surface area contributed by atoms with Gasteiger partial charge in [-0.3, -0.25) is 5.41 Å². The molecule has 7 nitrogen and oxygen atoms in total. The molecule has 4 N–H and O–H groups in total. The number of nitrogens with one attached hydrogen (secondary N) is 2. The molecule has 0 bridgehead atoms. The normalized spacial score (nSPS) is 14.6. The monoisotopic (exact) mass is 344 g/mol. The fraction of sp³-hybridized carbons (Fsp3) is 0.389. The van der Waals surface area contributed by atoms with Crippen LogP contribution in [0.2, 0.25) is 0 Å². The maximum atomic E-state index is 8.59. The Balaban J connectivity index is 0.00000182. The van der Waals surface area contributed by atoms with E-state index in [4.69, 9.17) is 15.9 Å². The number of nitrogen functional groups attached to an aromatic ring is 1. The highest BCUT2D eigenvalue weighted by atomic mass is 16.5. The van der Waals surface area contributed by atoms with Gasteiger partial charge in [-0.25, -0.2) is 9.97 Å². The van der Waals surface area contributed by atoms with Gasteiger partial charge in [0, 0.05) is 39.3 Å². The zero-order valence-electron chi connectivity index (χ0n) is 14.6. The van der Waals surface area contributed by atoms with Crippen LogP contribution in [-0.2, 0) is 4.74 Å². The first-order valence-electron chi connectivity index (χ1n) is 8.44. The van der Waals surface area contributed by atoms with Gasteiger partial charge < -0.3 is 20.7 Å². The van der Waals surface area contributed by atoms with Crippen LogP contribution in [0.15, 0.2) is 30.6 Å². The summed E-state index contributed by atoms with van der Waals surface area (Å²) in [6.07, 6.45) is 3.33. The molecule has 2 aromatic heterocycles. The second-order valence-corrected chi connectivity index (χ2v) is 6.33. The average Bonchev–Trinajstić information content (AvgIpc) is 2.63. The minimum atomic E-state index is 0. The Hall–Kier alpha value is -2.67. The lowest BCUT2D eigenvalue weighted by molar-refractivity contribution is 0.122. The van der Waals surface area contributed by atoms with Gasteiger partial charge in [-0.15, -0.1) is 0 Å². The van der Waals surface area contributed by atoms with Crippen LogP contribution < -0.4 is 16.0 Å². The predicted molar refractivity (Wildman–Crippen MR) is 105 cm³/mol. The minimum absolute atomic E-state index is 0. The summed E-state index contributed by atoms with van der Waals surface area (Å²) in [5.41, 5.74) is 8.37. The molecular formula is C18H28N6O. The third kappa shape index (κ3) is 4.06. The minimum Gasteiger partial charge on any atom is -0.397 e. The van der Waals surface area contributed by atoms with Crippen LogP contribution in [0.4, 0.5) is 17.3 Å². The Morgan fingerprint density at radius 3 is 2.80 bits per heavy atom. The Morgan fingerprint density at radius 1 is 1.32 bits per heavy atom.